The highest BCUT2D eigenvalue weighted by Gasteiger charge is 2.48. The summed E-state index contributed by atoms with van der Waals surface area (Å²) in [5.41, 5.74) is 0.622. The number of nitrogens with zero attached hydrogens (tertiary/aromatic N) is 2. The fourth-order valence-corrected chi connectivity index (χ4v) is 7.01. The molecule has 1 saturated heterocycles. The first-order valence-corrected chi connectivity index (χ1v) is 12.8. The van der Waals surface area contributed by atoms with Gasteiger partial charge in [0.25, 0.3) is 0 Å². The molecule has 170 valence electrons. The lowest BCUT2D eigenvalue weighted by atomic mass is 9.81. The van der Waals surface area contributed by atoms with Gasteiger partial charge in [0.15, 0.2) is 0 Å². The number of hydrogen-bond acceptors (Lipinski definition) is 5. The zero-order chi connectivity index (χ0) is 22.2. The van der Waals surface area contributed by atoms with Crippen molar-refractivity contribution >= 4 is 21.8 Å². The highest BCUT2D eigenvalue weighted by molar-refractivity contribution is 7.89. The molecule has 4 rings (SSSR count). The van der Waals surface area contributed by atoms with E-state index in [0.29, 0.717) is 5.56 Å². The van der Waals surface area contributed by atoms with Crippen LogP contribution >= 0.6 is 0 Å². The Balaban J connectivity index is 1.60. The lowest BCUT2D eigenvalue weighted by molar-refractivity contribution is -0.140. The lowest BCUT2D eigenvalue weighted by Crippen LogP contribution is -2.38. The maximum atomic E-state index is 13.4. The SMILES string of the molecule is COc1ccc(CN2C(=O)[C@H]3CCCC[C@H]3C2=O)cc1S(=O)(=O)N(C)C1CCCCC1. The molecular weight excluding hydrogens is 416 g/mol. The summed E-state index contributed by atoms with van der Waals surface area (Å²) in [4.78, 5) is 27.1. The summed E-state index contributed by atoms with van der Waals surface area (Å²) >= 11 is 0. The normalized spacial score (nSPS) is 25.2. The van der Waals surface area contributed by atoms with Gasteiger partial charge in [-0.15, -0.1) is 0 Å². The molecule has 0 spiro atoms. The van der Waals surface area contributed by atoms with Crippen molar-refractivity contribution in [2.75, 3.05) is 14.2 Å². The molecule has 0 radical (unpaired) electrons. The van der Waals surface area contributed by atoms with Gasteiger partial charge >= 0.3 is 0 Å². The van der Waals surface area contributed by atoms with Crippen LogP contribution in [0.4, 0.5) is 0 Å². The molecular formula is C23H32N2O5S. The minimum absolute atomic E-state index is 0.0167. The van der Waals surface area contributed by atoms with Gasteiger partial charge in [-0.1, -0.05) is 38.2 Å². The number of likely N-dealkylation sites (tertiary alicyclic amines) is 1. The van der Waals surface area contributed by atoms with E-state index in [9.17, 15) is 18.0 Å². The van der Waals surface area contributed by atoms with Crippen molar-refractivity contribution < 1.29 is 22.7 Å². The summed E-state index contributed by atoms with van der Waals surface area (Å²) < 4.78 is 33.7. The molecule has 1 heterocycles. The van der Waals surface area contributed by atoms with Crippen molar-refractivity contribution in [2.45, 2.75) is 75.3 Å². The molecule has 31 heavy (non-hydrogen) atoms. The van der Waals surface area contributed by atoms with Gasteiger partial charge in [0.2, 0.25) is 21.8 Å². The topological polar surface area (TPSA) is 84.0 Å². The van der Waals surface area contributed by atoms with Crippen molar-refractivity contribution in [1.29, 1.82) is 0 Å². The minimum Gasteiger partial charge on any atom is -0.495 e. The second kappa shape index (κ2) is 8.90. The summed E-state index contributed by atoms with van der Waals surface area (Å²) in [5, 5.41) is 0. The number of methoxy groups -OCH3 is 1. The van der Waals surface area contributed by atoms with Crippen molar-refractivity contribution in [3.8, 4) is 5.75 Å². The van der Waals surface area contributed by atoms with E-state index in [4.69, 9.17) is 4.74 Å². The molecule has 3 fully saturated rings. The summed E-state index contributed by atoms with van der Waals surface area (Å²) in [7, 11) is -0.680. The number of rotatable bonds is 6. The first kappa shape index (κ1) is 22.3. The molecule has 1 aromatic carbocycles. The molecule has 7 nitrogen and oxygen atoms in total. The molecule has 0 aromatic heterocycles. The average Bonchev–Trinajstić information content (AvgIpc) is 3.04. The summed E-state index contributed by atoms with van der Waals surface area (Å²) in [6, 6.07) is 4.91. The Labute approximate surface area is 184 Å². The van der Waals surface area contributed by atoms with Gasteiger partial charge in [-0.25, -0.2) is 8.42 Å². The fraction of sp³-hybridized carbons (Fsp3) is 0.652. The Morgan fingerprint density at radius 3 is 2.13 bits per heavy atom. The third-order valence-corrected chi connectivity index (χ3v) is 9.18. The maximum Gasteiger partial charge on any atom is 0.246 e. The summed E-state index contributed by atoms with van der Waals surface area (Å²) in [6.07, 6.45) is 8.41. The standard InChI is InChI=1S/C23H32N2O5S/c1-24(17-8-4-3-5-9-17)31(28,29)21-14-16(12-13-20(21)30-2)15-25-22(26)18-10-6-7-11-19(18)23(25)27/h12-14,17-19H,3-11,15H2,1-2H3/t18-,19+. The first-order valence-electron chi connectivity index (χ1n) is 11.3. The van der Waals surface area contributed by atoms with Crippen molar-refractivity contribution in [3.05, 3.63) is 23.8 Å². The number of imide groups is 1. The van der Waals surface area contributed by atoms with Crippen LogP contribution in [0.3, 0.4) is 0 Å². The Morgan fingerprint density at radius 1 is 0.968 bits per heavy atom. The summed E-state index contributed by atoms with van der Waals surface area (Å²) in [6.45, 7) is 0.102. The van der Waals surface area contributed by atoms with E-state index in [1.807, 2.05) is 0 Å². The Hall–Kier alpha value is -1.93. The minimum atomic E-state index is -3.77. The predicted molar refractivity (Wildman–Crippen MR) is 116 cm³/mol. The van der Waals surface area contributed by atoms with Crippen molar-refractivity contribution in [1.82, 2.24) is 9.21 Å². The molecule has 2 amide bonds. The number of sulfonamides is 1. The molecule has 2 atom stereocenters. The smallest absolute Gasteiger partial charge is 0.246 e. The monoisotopic (exact) mass is 448 g/mol. The Morgan fingerprint density at radius 2 is 1.55 bits per heavy atom. The van der Waals surface area contributed by atoms with E-state index >= 15 is 0 Å². The molecule has 1 aromatic rings. The van der Waals surface area contributed by atoms with Gasteiger partial charge in [-0.05, 0) is 43.4 Å². The van der Waals surface area contributed by atoms with Crippen LogP contribution in [0.5, 0.6) is 5.75 Å². The molecule has 0 unspecified atom stereocenters. The van der Waals surface area contributed by atoms with Gasteiger partial charge in [-0.3, -0.25) is 14.5 Å². The molecule has 0 bridgehead atoms. The van der Waals surface area contributed by atoms with Crippen molar-refractivity contribution in [3.63, 3.8) is 0 Å². The van der Waals surface area contributed by atoms with Crippen LogP contribution in [0.1, 0.15) is 63.4 Å². The van der Waals surface area contributed by atoms with Crippen molar-refractivity contribution in [2.24, 2.45) is 11.8 Å². The van der Waals surface area contributed by atoms with Crippen LogP contribution in [-0.4, -0.2) is 49.6 Å². The number of benzene rings is 1. The number of hydrogen-bond donors (Lipinski definition) is 0. The van der Waals surface area contributed by atoms with Crippen LogP contribution in [0.2, 0.25) is 0 Å². The van der Waals surface area contributed by atoms with E-state index in [1.165, 1.54) is 16.3 Å². The maximum absolute atomic E-state index is 13.4. The molecule has 0 N–H and O–H groups in total. The zero-order valence-corrected chi connectivity index (χ0v) is 19.2. The summed E-state index contributed by atoms with van der Waals surface area (Å²) in [5.74, 6) is -0.372. The number of amides is 2. The van der Waals surface area contributed by atoms with Crippen LogP contribution < -0.4 is 4.74 Å². The lowest BCUT2D eigenvalue weighted by Gasteiger charge is -2.31. The van der Waals surface area contributed by atoms with E-state index < -0.39 is 10.0 Å². The zero-order valence-electron chi connectivity index (χ0n) is 18.4. The van der Waals surface area contributed by atoms with Gasteiger partial charge in [0, 0.05) is 13.1 Å². The third kappa shape index (κ3) is 4.12. The second-order valence-corrected chi connectivity index (χ2v) is 11.0. The molecule has 8 heteroatoms. The average molecular weight is 449 g/mol. The van der Waals surface area contributed by atoms with Gasteiger partial charge in [0.1, 0.15) is 10.6 Å². The predicted octanol–water partition coefficient (Wildman–Crippen LogP) is 3.32. The molecule has 3 aliphatic rings. The fourth-order valence-electron chi connectivity index (χ4n) is 5.39. The van der Waals surface area contributed by atoms with Crippen LogP contribution in [0.25, 0.3) is 0 Å². The third-order valence-electron chi connectivity index (χ3n) is 7.25. The first-order chi connectivity index (χ1) is 14.8. The Kier molecular flexibility index (Phi) is 6.40. The quantitative estimate of drug-likeness (QED) is 0.624. The highest BCUT2D eigenvalue weighted by atomic mass is 32.2. The van der Waals surface area contributed by atoms with Gasteiger partial charge in [0.05, 0.1) is 25.5 Å². The van der Waals surface area contributed by atoms with Gasteiger partial charge < -0.3 is 4.74 Å². The van der Waals surface area contributed by atoms with E-state index in [2.05, 4.69) is 0 Å². The second-order valence-electron chi connectivity index (χ2n) is 9.06. The van der Waals surface area contributed by atoms with Crippen LogP contribution in [0, 0.1) is 11.8 Å². The number of fused-ring (bicyclic) bond motifs is 1. The molecule has 2 aliphatic carbocycles. The van der Waals surface area contributed by atoms with Crippen LogP contribution in [0.15, 0.2) is 23.1 Å². The number of carbonyl (C=O) groups excluding carboxylic acids is 2. The Bertz CT molecular complexity index is 931. The molecule has 1 aliphatic heterocycles. The van der Waals surface area contributed by atoms with E-state index in [0.717, 1.165) is 57.8 Å². The van der Waals surface area contributed by atoms with E-state index in [-0.39, 0.29) is 46.9 Å². The largest absolute Gasteiger partial charge is 0.495 e. The highest BCUT2D eigenvalue weighted by Crippen LogP contribution is 2.39. The van der Waals surface area contributed by atoms with Crippen LogP contribution in [-0.2, 0) is 26.2 Å². The number of carbonyl (C=O) groups is 2. The van der Waals surface area contributed by atoms with E-state index in [1.54, 1.807) is 25.2 Å². The molecule has 2 saturated carbocycles. The van der Waals surface area contributed by atoms with Gasteiger partial charge in [-0.2, -0.15) is 4.31 Å². The number of ether oxygens (including phenoxy) is 1.